The van der Waals surface area contributed by atoms with Gasteiger partial charge in [-0.2, -0.15) is 0 Å². The third-order valence-corrected chi connectivity index (χ3v) is 25.8. The molecule has 11 nitrogen and oxygen atoms in total. The van der Waals surface area contributed by atoms with Gasteiger partial charge in [0.25, 0.3) is 0 Å². The standard InChI is InChI=1S/C50H54N4O7Si2/c1-62(2,41-23-29-21-37(41)45-43(29)47(55)53(49(45)57)35-15-17-39-31(19-35)25-51(27-59-39)33-11-7-5-8-12-33)61-63(3,4)42-24-30-22-38(42)46-44(30)48(56)54(50(46)58)36-16-18-40-32(20-36)26-52(28-60-40)34-13-9-6-10-14-34/h5-20,29-30,37-38,41-46H,21-28H2,1-4H3. The number of imide groups is 2. The Bertz CT molecular complexity index is 2400. The van der Waals surface area contributed by atoms with E-state index in [2.05, 4.69) is 60.3 Å². The quantitative estimate of drug-likeness (QED) is 0.127. The van der Waals surface area contributed by atoms with Crippen LogP contribution in [0.4, 0.5) is 22.7 Å². The molecule has 12 rings (SSSR count). The van der Waals surface area contributed by atoms with Crippen molar-refractivity contribution in [3.63, 3.8) is 0 Å². The highest BCUT2D eigenvalue weighted by Gasteiger charge is 2.69. The fourth-order valence-corrected chi connectivity index (χ4v) is 25.3. The predicted molar refractivity (Wildman–Crippen MR) is 244 cm³/mol. The number of para-hydroxylation sites is 2. The maximum atomic E-state index is 14.5. The van der Waals surface area contributed by atoms with Crippen LogP contribution in [-0.4, -0.2) is 53.7 Å². The van der Waals surface area contributed by atoms with Crippen LogP contribution < -0.4 is 29.1 Å². The van der Waals surface area contributed by atoms with E-state index >= 15 is 0 Å². The van der Waals surface area contributed by atoms with Crippen LogP contribution in [0, 0.1) is 47.3 Å². The molecule has 0 N–H and O–H groups in total. The molecule has 324 valence electrons. The maximum absolute atomic E-state index is 14.5. The zero-order chi connectivity index (χ0) is 43.1. The van der Waals surface area contributed by atoms with Gasteiger partial charge in [0.15, 0.2) is 30.1 Å². The molecular formula is C50H54N4O7Si2. The summed E-state index contributed by atoms with van der Waals surface area (Å²) in [6.45, 7) is 11.5. The van der Waals surface area contributed by atoms with Crippen molar-refractivity contribution in [2.24, 2.45) is 47.3 Å². The van der Waals surface area contributed by atoms with E-state index in [0.717, 1.165) is 59.7 Å². The number of carbonyl (C=O) groups is 4. The Balaban J connectivity index is 0.739. The van der Waals surface area contributed by atoms with Gasteiger partial charge >= 0.3 is 0 Å². The van der Waals surface area contributed by atoms with E-state index in [0.29, 0.717) is 37.9 Å². The number of ether oxygens (including phenoxy) is 2. The van der Waals surface area contributed by atoms with Crippen molar-refractivity contribution in [1.82, 2.24) is 0 Å². The summed E-state index contributed by atoms with van der Waals surface area (Å²) >= 11 is 0. The molecule has 4 aliphatic heterocycles. The molecule has 13 heteroatoms. The summed E-state index contributed by atoms with van der Waals surface area (Å²) in [5.74, 6) is 0.753. The lowest BCUT2D eigenvalue weighted by atomic mass is 9.81. The van der Waals surface area contributed by atoms with Crippen molar-refractivity contribution >= 4 is 63.0 Å². The third-order valence-electron chi connectivity index (χ3n) is 16.7. The Morgan fingerprint density at radius 2 is 0.889 bits per heavy atom. The average Bonchev–Trinajstić information content (AvgIpc) is 4.15. The molecule has 4 heterocycles. The molecule has 10 unspecified atom stereocenters. The lowest BCUT2D eigenvalue weighted by Crippen LogP contribution is -2.53. The minimum absolute atomic E-state index is 0.0538. The van der Waals surface area contributed by atoms with E-state index in [1.165, 1.54) is 9.80 Å². The highest BCUT2D eigenvalue weighted by atomic mass is 28.4. The molecule has 4 bridgehead atoms. The van der Waals surface area contributed by atoms with Gasteiger partial charge in [-0.15, -0.1) is 0 Å². The number of benzene rings is 4. The van der Waals surface area contributed by atoms with E-state index in [9.17, 15) is 19.2 Å². The molecule has 2 saturated heterocycles. The highest BCUT2D eigenvalue weighted by Crippen LogP contribution is 2.67. The Hall–Kier alpha value is -5.25. The minimum Gasteiger partial charge on any atom is -0.473 e. The van der Waals surface area contributed by atoms with Crippen molar-refractivity contribution in [3.05, 3.63) is 108 Å². The first-order chi connectivity index (χ1) is 30.4. The molecule has 0 radical (unpaired) electrons. The molecule has 0 spiro atoms. The van der Waals surface area contributed by atoms with Gasteiger partial charge in [-0.25, -0.2) is 0 Å². The number of amides is 4. The molecule has 4 aromatic carbocycles. The first kappa shape index (κ1) is 39.4. The van der Waals surface area contributed by atoms with Gasteiger partial charge in [-0.05, 0) is 147 Å². The van der Waals surface area contributed by atoms with Crippen LogP contribution in [-0.2, 0) is 36.4 Å². The van der Waals surface area contributed by atoms with E-state index in [4.69, 9.17) is 13.6 Å². The fourth-order valence-electron chi connectivity index (χ4n) is 14.2. The number of anilines is 4. The Kier molecular flexibility index (Phi) is 8.82. The number of carbonyl (C=O) groups excluding carboxylic acids is 4. The highest BCUT2D eigenvalue weighted by molar-refractivity contribution is 6.86. The molecule has 4 amide bonds. The molecule has 4 aliphatic carbocycles. The molecule has 4 aromatic rings. The van der Waals surface area contributed by atoms with Gasteiger partial charge in [0.2, 0.25) is 23.6 Å². The summed E-state index contributed by atoms with van der Waals surface area (Å²) in [6.07, 6.45) is 3.65. The normalized spacial score (nSPS) is 31.6. The van der Waals surface area contributed by atoms with E-state index < -0.39 is 16.6 Å². The molecule has 63 heavy (non-hydrogen) atoms. The van der Waals surface area contributed by atoms with Gasteiger partial charge < -0.3 is 23.4 Å². The van der Waals surface area contributed by atoms with Crippen LogP contribution in [0.25, 0.3) is 0 Å². The Morgan fingerprint density at radius 3 is 1.30 bits per heavy atom. The molecule has 6 fully saturated rings. The maximum Gasteiger partial charge on any atom is 0.237 e. The summed E-state index contributed by atoms with van der Waals surface area (Å²) in [6, 6.07) is 31.8. The second-order valence-corrected chi connectivity index (χ2v) is 29.4. The van der Waals surface area contributed by atoms with Crippen LogP contribution in [0.15, 0.2) is 97.1 Å². The minimum atomic E-state index is -2.42. The van der Waals surface area contributed by atoms with Crippen molar-refractivity contribution in [2.75, 3.05) is 33.1 Å². The van der Waals surface area contributed by atoms with Crippen LogP contribution in [0.2, 0.25) is 37.3 Å². The van der Waals surface area contributed by atoms with Gasteiger partial charge in [0.05, 0.1) is 35.0 Å². The number of nitrogens with zero attached hydrogens (tertiary/aromatic N) is 4. The largest absolute Gasteiger partial charge is 0.473 e. The molecule has 4 saturated carbocycles. The number of fused-ring (bicyclic) bond motifs is 12. The summed E-state index contributed by atoms with van der Waals surface area (Å²) in [5.41, 5.74) is 5.86. The Morgan fingerprint density at radius 1 is 0.492 bits per heavy atom. The average molecular weight is 879 g/mol. The third kappa shape index (κ3) is 5.97. The van der Waals surface area contributed by atoms with Crippen LogP contribution in [0.5, 0.6) is 11.5 Å². The smallest absolute Gasteiger partial charge is 0.237 e. The van der Waals surface area contributed by atoms with Gasteiger partial charge in [0.1, 0.15) is 11.5 Å². The fraction of sp³-hybridized carbons (Fsp3) is 0.440. The van der Waals surface area contributed by atoms with Crippen molar-refractivity contribution in [1.29, 1.82) is 0 Å². The van der Waals surface area contributed by atoms with E-state index in [1.807, 2.05) is 72.8 Å². The van der Waals surface area contributed by atoms with Gasteiger partial charge in [0, 0.05) is 35.6 Å². The molecule has 10 atom stereocenters. The monoisotopic (exact) mass is 878 g/mol. The summed E-state index contributed by atoms with van der Waals surface area (Å²) in [5, 5.41) is 0. The number of hydrogen-bond donors (Lipinski definition) is 0. The second kappa shape index (κ2) is 14.1. The first-order valence-electron chi connectivity index (χ1n) is 22.9. The second-order valence-electron chi connectivity index (χ2n) is 20.6. The van der Waals surface area contributed by atoms with Crippen molar-refractivity contribution in [2.45, 2.75) is 76.0 Å². The Labute approximate surface area is 370 Å². The SMILES string of the molecule is C[Si](C)(O[Si](C)(C)C1CC2CC1C1C(=O)N(c3ccc4c(c3)CN(c3ccccc3)CO4)C(=O)C21)C1CC2CC1C1C(=O)N(c3ccc4c(c3)CN(c3ccccc3)CO4)C(=O)C21. The lowest BCUT2D eigenvalue weighted by molar-refractivity contribution is -0.124. The van der Waals surface area contributed by atoms with Crippen LogP contribution in [0.1, 0.15) is 36.8 Å². The lowest BCUT2D eigenvalue weighted by Gasteiger charge is -2.46. The van der Waals surface area contributed by atoms with E-state index in [1.54, 1.807) is 0 Å². The topological polar surface area (TPSA) is 109 Å². The summed E-state index contributed by atoms with van der Waals surface area (Å²) in [7, 11) is -4.84. The van der Waals surface area contributed by atoms with Gasteiger partial charge in [-0.1, -0.05) is 36.4 Å². The summed E-state index contributed by atoms with van der Waals surface area (Å²) in [4.78, 5) is 64.8. The predicted octanol–water partition coefficient (Wildman–Crippen LogP) is 8.56. The van der Waals surface area contributed by atoms with Gasteiger partial charge in [-0.3, -0.25) is 29.0 Å². The molecule has 0 aromatic heterocycles. The number of rotatable bonds is 8. The molecular weight excluding hydrogens is 825 g/mol. The summed E-state index contributed by atoms with van der Waals surface area (Å²) < 4.78 is 19.8. The van der Waals surface area contributed by atoms with Crippen molar-refractivity contribution in [3.8, 4) is 11.5 Å². The molecule has 8 aliphatic rings. The van der Waals surface area contributed by atoms with Crippen LogP contribution in [0.3, 0.4) is 0 Å². The van der Waals surface area contributed by atoms with Crippen LogP contribution >= 0.6 is 0 Å². The van der Waals surface area contributed by atoms with Crippen molar-refractivity contribution < 1.29 is 32.8 Å². The van der Waals surface area contributed by atoms with E-state index in [-0.39, 0.29) is 82.1 Å². The zero-order valence-electron chi connectivity index (χ0n) is 36.3. The number of hydrogen-bond acceptors (Lipinski definition) is 9. The first-order valence-corrected chi connectivity index (χ1v) is 28.9. The zero-order valence-corrected chi connectivity index (χ0v) is 38.3.